The first-order valence-electron chi connectivity index (χ1n) is 9.11. The van der Waals surface area contributed by atoms with E-state index in [-0.39, 0.29) is 12.1 Å². The highest BCUT2D eigenvalue weighted by atomic mass is 16.5. The number of nitrogens with zero attached hydrogens (tertiary/aromatic N) is 2. The van der Waals surface area contributed by atoms with E-state index < -0.39 is 0 Å². The number of rotatable bonds is 6. The molecule has 138 valence electrons. The third-order valence-electron chi connectivity index (χ3n) is 4.43. The van der Waals surface area contributed by atoms with E-state index in [1.807, 2.05) is 37.3 Å². The summed E-state index contributed by atoms with van der Waals surface area (Å²) in [6.07, 6.45) is 3.53. The Balaban J connectivity index is 1.43. The van der Waals surface area contributed by atoms with E-state index in [0.29, 0.717) is 5.69 Å². The van der Waals surface area contributed by atoms with Crippen LogP contribution in [-0.4, -0.2) is 43.4 Å². The van der Waals surface area contributed by atoms with Gasteiger partial charge in [0.2, 0.25) is 0 Å². The molecule has 2 amide bonds. The molecule has 0 saturated carbocycles. The first kappa shape index (κ1) is 18.2. The highest BCUT2D eigenvalue weighted by molar-refractivity contribution is 5.89. The van der Waals surface area contributed by atoms with Crippen LogP contribution in [0.2, 0.25) is 0 Å². The van der Waals surface area contributed by atoms with Crippen molar-refractivity contribution in [3.8, 4) is 0 Å². The zero-order valence-electron chi connectivity index (χ0n) is 15.1. The maximum atomic E-state index is 12.1. The van der Waals surface area contributed by atoms with Crippen LogP contribution < -0.4 is 15.5 Å². The molecule has 1 unspecified atom stereocenters. The van der Waals surface area contributed by atoms with Gasteiger partial charge < -0.3 is 20.3 Å². The summed E-state index contributed by atoms with van der Waals surface area (Å²) in [5.74, 6) is 0.912. The topological polar surface area (TPSA) is 66.5 Å². The summed E-state index contributed by atoms with van der Waals surface area (Å²) in [5, 5.41) is 5.82. The number of hydrogen-bond acceptors (Lipinski definition) is 4. The van der Waals surface area contributed by atoms with Crippen LogP contribution >= 0.6 is 0 Å². The third kappa shape index (κ3) is 5.46. The number of carbonyl (C=O) groups is 1. The first-order valence-corrected chi connectivity index (χ1v) is 9.11. The van der Waals surface area contributed by atoms with Crippen LogP contribution in [0.4, 0.5) is 16.3 Å². The quantitative estimate of drug-likeness (QED) is 0.837. The van der Waals surface area contributed by atoms with Gasteiger partial charge in [-0.25, -0.2) is 9.78 Å². The smallest absolute Gasteiger partial charge is 0.319 e. The summed E-state index contributed by atoms with van der Waals surface area (Å²) in [6, 6.07) is 14.0. The fourth-order valence-corrected chi connectivity index (χ4v) is 2.93. The van der Waals surface area contributed by atoms with Crippen molar-refractivity contribution in [2.75, 3.05) is 36.5 Å². The van der Waals surface area contributed by atoms with Gasteiger partial charge in [-0.05, 0) is 37.5 Å². The predicted octanol–water partition coefficient (Wildman–Crippen LogP) is 3.06. The lowest BCUT2D eigenvalue weighted by Crippen LogP contribution is -2.37. The number of ether oxygens (including phenoxy) is 1. The molecule has 2 aromatic rings. The monoisotopic (exact) mass is 354 g/mol. The van der Waals surface area contributed by atoms with Crippen molar-refractivity contribution in [3.63, 3.8) is 0 Å². The molecule has 0 aliphatic carbocycles. The lowest BCUT2D eigenvalue weighted by atomic mass is 10.1. The molecule has 1 aromatic heterocycles. The molecular formula is C20H26N4O2. The van der Waals surface area contributed by atoms with Crippen molar-refractivity contribution in [2.24, 2.45) is 0 Å². The number of anilines is 2. The Hall–Kier alpha value is -2.60. The van der Waals surface area contributed by atoms with Crippen LogP contribution in [0.3, 0.4) is 0 Å². The molecule has 1 aliphatic rings. The molecule has 1 saturated heterocycles. The van der Waals surface area contributed by atoms with Gasteiger partial charge in [-0.3, -0.25) is 0 Å². The van der Waals surface area contributed by atoms with E-state index in [2.05, 4.69) is 32.7 Å². The van der Waals surface area contributed by atoms with Gasteiger partial charge in [0.25, 0.3) is 0 Å². The number of hydrogen-bond donors (Lipinski definition) is 2. The third-order valence-corrected chi connectivity index (χ3v) is 4.43. The van der Waals surface area contributed by atoms with E-state index in [1.165, 1.54) is 5.56 Å². The zero-order valence-corrected chi connectivity index (χ0v) is 15.1. The second-order valence-electron chi connectivity index (χ2n) is 6.53. The average molecular weight is 354 g/mol. The van der Waals surface area contributed by atoms with Crippen molar-refractivity contribution in [1.82, 2.24) is 10.3 Å². The second-order valence-corrected chi connectivity index (χ2v) is 6.53. The van der Waals surface area contributed by atoms with Gasteiger partial charge in [0.05, 0.1) is 25.1 Å². The minimum absolute atomic E-state index is 0.0933. The molecule has 2 N–H and O–H groups in total. The molecule has 1 aromatic carbocycles. The van der Waals surface area contributed by atoms with Gasteiger partial charge in [0.15, 0.2) is 0 Å². The van der Waals surface area contributed by atoms with Gasteiger partial charge in [0.1, 0.15) is 5.82 Å². The molecule has 1 aliphatic heterocycles. The summed E-state index contributed by atoms with van der Waals surface area (Å²) < 4.78 is 5.35. The van der Waals surface area contributed by atoms with Crippen LogP contribution in [-0.2, 0) is 11.2 Å². The van der Waals surface area contributed by atoms with Gasteiger partial charge in [-0.1, -0.05) is 30.3 Å². The first-order chi connectivity index (χ1) is 12.7. The Labute approximate surface area is 154 Å². The highest BCUT2D eigenvalue weighted by Crippen LogP contribution is 2.15. The Morgan fingerprint density at radius 2 is 1.96 bits per heavy atom. The fourth-order valence-electron chi connectivity index (χ4n) is 2.93. The molecule has 1 fully saturated rings. The fraction of sp³-hybridized carbons (Fsp3) is 0.400. The lowest BCUT2D eigenvalue weighted by Gasteiger charge is -2.27. The lowest BCUT2D eigenvalue weighted by molar-refractivity contribution is 0.122. The number of urea groups is 1. The molecule has 26 heavy (non-hydrogen) atoms. The molecule has 2 heterocycles. The Morgan fingerprint density at radius 1 is 1.19 bits per heavy atom. The van der Waals surface area contributed by atoms with Crippen LogP contribution in [0.15, 0.2) is 48.7 Å². The SMILES string of the molecule is CC(CCc1ccccc1)NC(=O)Nc1ccc(N2CCOCC2)nc1. The van der Waals surface area contributed by atoms with Crippen molar-refractivity contribution in [3.05, 3.63) is 54.2 Å². The number of pyridine rings is 1. The standard InChI is InChI=1S/C20H26N4O2/c1-16(7-8-17-5-3-2-4-6-17)22-20(25)23-18-9-10-19(21-15-18)24-11-13-26-14-12-24/h2-6,9-10,15-16H,7-8,11-14H2,1H3,(H2,22,23,25). The van der Waals surface area contributed by atoms with Crippen LogP contribution in [0.5, 0.6) is 0 Å². The Morgan fingerprint density at radius 3 is 2.65 bits per heavy atom. The largest absolute Gasteiger partial charge is 0.378 e. The average Bonchev–Trinajstić information content (AvgIpc) is 2.68. The molecule has 0 spiro atoms. The maximum absolute atomic E-state index is 12.1. The number of amides is 2. The van der Waals surface area contributed by atoms with Gasteiger partial charge >= 0.3 is 6.03 Å². The molecular weight excluding hydrogens is 328 g/mol. The number of aryl methyl sites for hydroxylation is 1. The summed E-state index contributed by atoms with van der Waals surface area (Å²) in [7, 11) is 0. The van der Waals surface area contributed by atoms with E-state index in [1.54, 1.807) is 6.20 Å². The van der Waals surface area contributed by atoms with E-state index in [9.17, 15) is 4.79 Å². The van der Waals surface area contributed by atoms with E-state index in [0.717, 1.165) is 45.0 Å². The molecule has 6 heteroatoms. The molecule has 0 bridgehead atoms. The van der Waals surface area contributed by atoms with E-state index in [4.69, 9.17) is 4.74 Å². The van der Waals surface area contributed by atoms with Crippen LogP contribution in [0.25, 0.3) is 0 Å². The van der Waals surface area contributed by atoms with Crippen LogP contribution in [0, 0.1) is 0 Å². The number of morpholine rings is 1. The van der Waals surface area contributed by atoms with Crippen molar-refractivity contribution in [2.45, 2.75) is 25.8 Å². The number of carbonyl (C=O) groups excluding carboxylic acids is 1. The number of benzene rings is 1. The Kier molecular flexibility index (Phi) is 6.44. The summed E-state index contributed by atoms with van der Waals surface area (Å²) in [4.78, 5) is 18.8. The van der Waals surface area contributed by atoms with Crippen molar-refractivity contribution >= 4 is 17.5 Å². The Bertz CT molecular complexity index is 685. The summed E-state index contributed by atoms with van der Waals surface area (Å²) in [5.41, 5.74) is 1.97. The molecule has 1 atom stereocenters. The second kappa shape index (κ2) is 9.20. The summed E-state index contributed by atoms with van der Waals surface area (Å²) >= 11 is 0. The van der Waals surface area contributed by atoms with E-state index >= 15 is 0 Å². The number of nitrogens with one attached hydrogen (secondary N) is 2. The molecule has 0 radical (unpaired) electrons. The molecule has 3 rings (SSSR count). The minimum Gasteiger partial charge on any atom is -0.378 e. The van der Waals surface area contributed by atoms with Gasteiger partial charge in [0, 0.05) is 19.1 Å². The highest BCUT2D eigenvalue weighted by Gasteiger charge is 2.13. The van der Waals surface area contributed by atoms with Crippen molar-refractivity contribution < 1.29 is 9.53 Å². The van der Waals surface area contributed by atoms with Crippen molar-refractivity contribution in [1.29, 1.82) is 0 Å². The summed E-state index contributed by atoms with van der Waals surface area (Å²) in [6.45, 7) is 5.16. The number of aromatic nitrogens is 1. The predicted molar refractivity (Wildman–Crippen MR) is 104 cm³/mol. The van der Waals surface area contributed by atoms with Gasteiger partial charge in [-0.15, -0.1) is 0 Å². The normalized spacial score (nSPS) is 15.3. The van der Waals surface area contributed by atoms with Gasteiger partial charge in [-0.2, -0.15) is 0 Å². The zero-order chi connectivity index (χ0) is 18.2. The maximum Gasteiger partial charge on any atom is 0.319 e. The van der Waals surface area contributed by atoms with Crippen LogP contribution in [0.1, 0.15) is 18.9 Å². The minimum atomic E-state index is -0.202. The molecule has 6 nitrogen and oxygen atoms in total.